The van der Waals surface area contributed by atoms with Crippen molar-refractivity contribution in [3.63, 3.8) is 0 Å². The number of benzene rings is 2. The molecular weight excluding hydrogens is 430 g/mol. The molecule has 0 aromatic heterocycles. The first kappa shape index (κ1) is 24.1. The number of terminal acetylenes is 1. The summed E-state index contributed by atoms with van der Waals surface area (Å²) in [5.41, 5.74) is 0.916. The molecule has 0 atom stereocenters. The molecule has 0 aliphatic rings. The zero-order valence-corrected chi connectivity index (χ0v) is 17.8. The van der Waals surface area contributed by atoms with E-state index in [0.717, 1.165) is 0 Å². The maximum absolute atomic E-state index is 12.7. The van der Waals surface area contributed by atoms with E-state index in [1.807, 2.05) is 0 Å². The molecule has 0 heterocycles. The molecule has 0 aliphatic carbocycles. The lowest BCUT2D eigenvalue weighted by molar-refractivity contribution is -0.0514. The standard InChI is InChI=1S/C21H22F2N2O5S/c1-4-12-24-31(27,28)17-9-7-16(8-10-17)20(26)25(3)14-15-6-11-18(30-21(22)23)19(13-15)29-5-2/h1,6-11,13,21,24H,5,12,14H2,2-3H3. The molecule has 2 rings (SSSR count). The number of hydrogen-bond donors (Lipinski definition) is 1. The molecule has 1 amide bonds. The molecule has 10 heteroatoms. The highest BCUT2D eigenvalue weighted by Crippen LogP contribution is 2.30. The average molecular weight is 452 g/mol. The largest absolute Gasteiger partial charge is 0.490 e. The van der Waals surface area contributed by atoms with E-state index in [1.165, 1.54) is 41.3 Å². The highest BCUT2D eigenvalue weighted by Gasteiger charge is 2.17. The fourth-order valence-corrected chi connectivity index (χ4v) is 3.61. The van der Waals surface area contributed by atoms with Crippen molar-refractivity contribution >= 4 is 15.9 Å². The van der Waals surface area contributed by atoms with E-state index in [4.69, 9.17) is 11.2 Å². The summed E-state index contributed by atoms with van der Waals surface area (Å²) >= 11 is 0. The van der Waals surface area contributed by atoms with Crippen LogP contribution >= 0.6 is 0 Å². The van der Waals surface area contributed by atoms with Crippen LogP contribution in [0.2, 0.25) is 0 Å². The van der Waals surface area contributed by atoms with Crippen LogP contribution in [0.4, 0.5) is 8.78 Å². The van der Waals surface area contributed by atoms with Gasteiger partial charge in [0.1, 0.15) is 0 Å². The van der Waals surface area contributed by atoms with E-state index in [9.17, 15) is 22.0 Å². The monoisotopic (exact) mass is 452 g/mol. The summed E-state index contributed by atoms with van der Waals surface area (Å²) in [6.07, 6.45) is 5.05. The topological polar surface area (TPSA) is 84.9 Å². The fourth-order valence-electron chi connectivity index (χ4n) is 2.68. The SMILES string of the molecule is C#CCNS(=O)(=O)c1ccc(C(=O)N(C)Cc2ccc(OC(F)F)c(OCC)c2)cc1. The molecule has 7 nitrogen and oxygen atoms in total. The molecule has 0 aliphatic heterocycles. The summed E-state index contributed by atoms with van der Waals surface area (Å²) < 4.78 is 61.2. The lowest BCUT2D eigenvalue weighted by Crippen LogP contribution is -2.27. The van der Waals surface area contributed by atoms with Crippen LogP contribution in [-0.4, -0.2) is 46.0 Å². The highest BCUT2D eigenvalue weighted by molar-refractivity contribution is 7.89. The van der Waals surface area contributed by atoms with Gasteiger partial charge in [-0.15, -0.1) is 6.42 Å². The molecular formula is C21H22F2N2O5S. The van der Waals surface area contributed by atoms with E-state index >= 15 is 0 Å². The molecule has 1 N–H and O–H groups in total. The van der Waals surface area contributed by atoms with Crippen LogP contribution < -0.4 is 14.2 Å². The molecule has 0 bridgehead atoms. The lowest BCUT2D eigenvalue weighted by Gasteiger charge is -2.19. The summed E-state index contributed by atoms with van der Waals surface area (Å²) in [7, 11) is -2.19. The van der Waals surface area contributed by atoms with E-state index in [-0.39, 0.29) is 47.6 Å². The second-order valence-electron chi connectivity index (χ2n) is 6.31. The van der Waals surface area contributed by atoms with Crippen molar-refractivity contribution in [2.45, 2.75) is 25.0 Å². The van der Waals surface area contributed by atoms with Crippen molar-refractivity contribution in [1.82, 2.24) is 9.62 Å². The summed E-state index contributed by atoms with van der Waals surface area (Å²) in [4.78, 5) is 14.1. The molecule has 0 saturated carbocycles. The lowest BCUT2D eigenvalue weighted by atomic mass is 10.1. The summed E-state index contributed by atoms with van der Waals surface area (Å²) in [6.45, 7) is -0.999. The van der Waals surface area contributed by atoms with E-state index in [2.05, 4.69) is 15.4 Å². The number of nitrogens with zero attached hydrogens (tertiary/aromatic N) is 1. The third kappa shape index (κ3) is 6.67. The van der Waals surface area contributed by atoms with Gasteiger partial charge in [0.15, 0.2) is 11.5 Å². The summed E-state index contributed by atoms with van der Waals surface area (Å²) in [5, 5.41) is 0. The Balaban J connectivity index is 2.13. The van der Waals surface area contributed by atoms with Crippen LogP contribution in [0.5, 0.6) is 11.5 Å². The maximum Gasteiger partial charge on any atom is 0.387 e. The third-order valence-corrected chi connectivity index (χ3v) is 5.48. The van der Waals surface area contributed by atoms with Crippen LogP contribution in [0.25, 0.3) is 0 Å². The number of rotatable bonds is 10. The minimum atomic E-state index is -3.75. The fraction of sp³-hybridized carbons (Fsp3) is 0.286. The number of hydrogen-bond acceptors (Lipinski definition) is 5. The van der Waals surface area contributed by atoms with Gasteiger partial charge in [-0.3, -0.25) is 4.79 Å². The van der Waals surface area contributed by atoms with Gasteiger partial charge in [0.05, 0.1) is 18.0 Å². The van der Waals surface area contributed by atoms with Gasteiger partial charge in [-0.1, -0.05) is 12.0 Å². The van der Waals surface area contributed by atoms with Crippen LogP contribution in [0.3, 0.4) is 0 Å². The van der Waals surface area contributed by atoms with Crippen molar-refractivity contribution in [3.05, 3.63) is 53.6 Å². The van der Waals surface area contributed by atoms with Crippen molar-refractivity contribution in [2.24, 2.45) is 0 Å². The van der Waals surface area contributed by atoms with Crippen molar-refractivity contribution in [3.8, 4) is 23.8 Å². The Hall–Kier alpha value is -3.16. The van der Waals surface area contributed by atoms with Gasteiger partial charge in [-0.25, -0.2) is 8.42 Å². The van der Waals surface area contributed by atoms with E-state index in [0.29, 0.717) is 5.56 Å². The van der Waals surface area contributed by atoms with Crippen LogP contribution in [0.15, 0.2) is 47.4 Å². The van der Waals surface area contributed by atoms with Gasteiger partial charge in [0.25, 0.3) is 5.91 Å². The van der Waals surface area contributed by atoms with Gasteiger partial charge in [0.2, 0.25) is 10.0 Å². The number of carbonyl (C=O) groups is 1. The number of nitrogens with one attached hydrogen (secondary N) is 1. The second kappa shape index (κ2) is 10.7. The Morgan fingerprint density at radius 1 is 1.19 bits per heavy atom. The van der Waals surface area contributed by atoms with Crippen LogP contribution in [0, 0.1) is 12.3 Å². The smallest absolute Gasteiger partial charge is 0.387 e. The second-order valence-corrected chi connectivity index (χ2v) is 8.07. The Kier molecular flexibility index (Phi) is 8.36. The van der Waals surface area contributed by atoms with Gasteiger partial charge in [-0.2, -0.15) is 13.5 Å². The number of alkyl halides is 2. The highest BCUT2D eigenvalue weighted by atomic mass is 32.2. The third-order valence-electron chi connectivity index (χ3n) is 4.07. The first-order chi connectivity index (χ1) is 14.7. The van der Waals surface area contributed by atoms with Gasteiger partial charge >= 0.3 is 6.61 Å². The molecule has 2 aromatic rings. The Morgan fingerprint density at radius 3 is 2.45 bits per heavy atom. The van der Waals surface area contributed by atoms with Crippen molar-refractivity contribution in [2.75, 3.05) is 20.2 Å². The number of ether oxygens (including phenoxy) is 2. The van der Waals surface area contributed by atoms with Crippen LogP contribution in [0.1, 0.15) is 22.8 Å². The molecule has 0 saturated heterocycles. The first-order valence-corrected chi connectivity index (χ1v) is 10.7. The van der Waals surface area contributed by atoms with Crippen molar-refractivity contribution < 1.29 is 31.5 Å². The predicted molar refractivity (Wildman–Crippen MR) is 111 cm³/mol. The minimum absolute atomic E-state index is 0.0158. The van der Waals surface area contributed by atoms with Crippen LogP contribution in [-0.2, 0) is 16.6 Å². The zero-order chi connectivity index (χ0) is 23.0. The average Bonchev–Trinajstić information content (AvgIpc) is 2.73. The molecule has 0 radical (unpaired) electrons. The minimum Gasteiger partial charge on any atom is -0.490 e. The zero-order valence-electron chi connectivity index (χ0n) is 17.0. The van der Waals surface area contributed by atoms with E-state index in [1.54, 1.807) is 20.0 Å². The number of sulfonamides is 1. The van der Waals surface area contributed by atoms with Gasteiger partial charge < -0.3 is 14.4 Å². The Bertz CT molecular complexity index is 1050. The Morgan fingerprint density at radius 2 is 1.87 bits per heavy atom. The molecule has 0 unspecified atom stereocenters. The number of amides is 1. The van der Waals surface area contributed by atoms with Gasteiger partial charge in [-0.05, 0) is 48.9 Å². The number of carbonyl (C=O) groups excluding carboxylic acids is 1. The molecule has 0 fully saturated rings. The maximum atomic E-state index is 12.7. The normalized spacial score (nSPS) is 11.1. The molecule has 166 valence electrons. The van der Waals surface area contributed by atoms with Crippen molar-refractivity contribution in [1.29, 1.82) is 0 Å². The summed E-state index contributed by atoms with van der Waals surface area (Å²) in [5.74, 6) is 1.88. The molecule has 31 heavy (non-hydrogen) atoms. The number of halogens is 2. The predicted octanol–water partition coefficient (Wildman–Crippen LogP) is 2.87. The summed E-state index contributed by atoms with van der Waals surface area (Å²) in [6, 6.07) is 9.85. The molecule has 0 spiro atoms. The first-order valence-electron chi connectivity index (χ1n) is 9.17. The molecule has 2 aromatic carbocycles. The van der Waals surface area contributed by atoms with Gasteiger partial charge in [0, 0.05) is 19.2 Å². The quantitative estimate of drug-likeness (QED) is 0.561. The van der Waals surface area contributed by atoms with E-state index < -0.39 is 16.6 Å². The Labute approximate surface area is 180 Å².